The van der Waals surface area contributed by atoms with Gasteiger partial charge in [-0.15, -0.1) is 12.3 Å². The van der Waals surface area contributed by atoms with E-state index in [1.165, 1.54) is 0 Å². The van der Waals surface area contributed by atoms with Gasteiger partial charge in [-0.25, -0.2) is 14.3 Å². The van der Waals surface area contributed by atoms with Crippen LogP contribution in [0.5, 0.6) is 0 Å². The lowest BCUT2D eigenvalue weighted by atomic mass is 9.99. The number of aromatic nitrogens is 3. The van der Waals surface area contributed by atoms with E-state index >= 15 is 0 Å². The van der Waals surface area contributed by atoms with Gasteiger partial charge in [-0.3, -0.25) is 4.57 Å². The normalized spacial score (nSPS) is 10.7. The predicted molar refractivity (Wildman–Crippen MR) is 121 cm³/mol. The van der Waals surface area contributed by atoms with Crippen molar-refractivity contribution in [3.8, 4) is 23.5 Å². The maximum absolute atomic E-state index is 12.9. The Morgan fingerprint density at radius 1 is 1.13 bits per heavy atom. The lowest BCUT2D eigenvalue weighted by molar-refractivity contribution is 0.0697. The molecule has 6 nitrogen and oxygen atoms in total. The minimum absolute atomic E-state index is 0.122. The van der Waals surface area contributed by atoms with Crippen molar-refractivity contribution in [1.29, 1.82) is 0 Å². The van der Waals surface area contributed by atoms with E-state index in [-0.39, 0.29) is 11.3 Å². The monoisotopic (exact) mass is 417 g/mol. The fourth-order valence-corrected chi connectivity index (χ4v) is 3.56. The smallest absolute Gasteiger partial charge is 0.346 e. The number of aryl methyl sites for hydroxylation is 2. The molecule has 2 aromatic carbocycles. The van der Waals surface area contributed by atoms with Crippen LogP contribution in [-0.2, 0) is 19.5 Å². The first-order valence-electron chi connectivity index (χ1n) is 10.6. The van der Waals surface area contributed by atoms with E-state index in [1.807, 2.05) is 30.3 Å². The highest BCUT2D eigenvalue weighted by molar-refractivity contribution is 5.95. The summed E-state index contributed by atoms with van der Waals surface area (Å²) in [6.45, 7) is 3.12. The van der Waals surface area contributed by atoms with Crippen LogP contribution in [0.3, 0.4) is 0 Å². The zero-order valence-corrected chi connectivity index (χ0v) is 17.8. The van der Waals surface area contributed by atoms with Gasteiger partial charge in [-0.2, -0.15) is 5.10 Å². The Bertz CT molecular complexity index is 1130. The first-order chi connectivity index (χ1) is 15.0. The van der Waals surface area contributed by atoms with Gasteiger partial charge in [0, 0.05) is 19.4 Å². The number of unbranched alkanes of at least 4 members (excludes halogenated alkanes) is 2. The summed E-state index contributed by atoms with van der Waals surface area (Å²) in [4.78, 5) is 24.4. The zero-order valence-electron chi connectivity index (χ0n) is 17.8. The Morgan fingerprint density at radius 2 is 1.87 bits per heavy atom. The number of hydrogen-bond acceptors (Lipinski definition) is 3. The number of nitrogens with zero attached hydrogens (tertiary/aromatic N) is 3. The third-order valence-electron chi connectivity index (χ3n) is 5.23. The second-order valence-electron chi connectivity index (χ2n) is 7.47. The second-order valence-corrected chi connectivity index (χ2v) is 7.47. The fourth-order valence-electron chi connectivity index (χ4n) is 3.56. The molecule has 0 fully saturated rings. The molecule has 1 N–H and O–H groups in total. The molecule has 0 saturated heterocycles. The second kappa shape index (κ2) is 10.4. The van der Waals surface area contributed by atoms with E-state index in [9.17, 15) is 14.7 Å². The number of rotatable bonds is 10. The Morgan fingerprint density at radius 3 is 2.55 bits per heavy atom. The molecule has 0 saturated carbocycles. The molecule has 0 amide bonds. The number of carboxylic acid groups (broad SMARTS) is 1. The van der Waals surface area contributed by atoms with Crippen LogP contribution >= 0.6 is 0 Å². The Labute approximate surface area is 182 Å². The summed E-state index contributed by atoms with van der Waals surface area (Å²) in [6, 6.07) is 14.5. The highest BCUT2D eigenvalue weighted by atomic mass is 16.4. The van der Waals surface area contributed by atoms with Gasteiger partial charge in [-0.05, 0) is 29.2 Å². The summed E-state index contributed by atoms with van der Waals surface area (Å²) in [5.74, 6) is 2.35. The summed E-state index contributed by atoms with van der Waals surface area (Å²) in [7, 11) is 0. The Hall–Kier alpha value is -3.59. The van der Waals surface area contributed by atoms with Gasteiger partial charge >= 0.3 is 11.7 Å². The summed E-state index contributed by atoms with van der Waals surface area (Å²) in [5.41, 5.74) is 2.56. The summed E-state index contributed by atoms with van der Waals surface area (Å²) in [5, 5.41) is 13.9. The standard InChI is InChI=1S/C25H27N3O3/c1-3-5-9-17-28-25(31)27(23(26-28)12-6-4-2)18-19-13-15-20(16-14-19)21-10-7-8-11-22(21)24(29)30/h2,7-8,10-11,13-16H,3,5-6,9,12,17-18H2,1H3,(H,29,30). The van der Waals surface area contributed by atoms with Crippen molar-refractivity contribution in [2.75, 3.05) is 0 Å². The number of benzene rings is 2. The molecule has 31 heavy (non-hydrogen) atoms. The Kier molecular flexibility index (Phi) is 7.45. The topological polar surface area (TPSA) is 77.1 Å². The molecule has 160 valence electrons. The number of hydrogen-bond donors (Lipinski definition) is 1. The van der Waals surface area contributed by atoms with Gasteiger partial charge in [0.05, 0.1) is 12.1 Å². The SMILES string of the molecule is C#CCCc1nn(CCCCC)c(=O)n1Cc1ccc(-c2ccccc2C(=O)O)cc1. The van der Waals surface area contributed by atoms with Gasteiger partial charge < -0.3 is 5.11 Å². The summed E-state index contributed by atoms with van der Waals surface area (Å²) < 4.78 is 3.22. The molecular formula is C25H27N3O3. The molecule has 6 heteroatoms. The van der Waals surface area contributed by atoms with Crippen molar-refractivity contribution in [3.63, 3.8) is 0 Å². The van der Waals surface area contributed by atoms with Gasteiger partial charge in [0.2, 0.25) is 0 Å². The van der Waals surface area contributed by atoms with Crippen molar-refractivity contribution >= 4 is 5.97 Å². The lowest BCUT2D eigenvalue weighted by Crippen LogP contribution is -2.26. The van der Waals surface area contributed by atoms with Gasteiger partial charge in [0.1, 0.15) is 5.82 Å². The predicted octanol–water partition coefficient (Wildman–Crippen LogP) is 4.21. The molecule has 1 aromatic heterocycles. The molecule has 0 aliphatic rings. The number of carboxylic acids is 1. The van der Waals surface area contributed by atoms with Gasteiger partial charge in [0.25, 0.3) is 0 Å². The van der Waals surface area contributed by atoms with E-state index in [2.05, 4.69) is 17.9 Å². The molecular weight excluding hydrogens is 390 g/mol. The Balaban J connectivity index is 1.86. The fraction of sp³-hybridized carbons (Fsp3) is 0.320. The molecule has 0 aliphatic carbocycles. The van der Waals surface area contributed by atoms with Crippen LogP contribution in [-0.4, -0.2) is 25.4 Å². The quantitative estimate of drug-likeness (QED) is 0.396. The van der Waals surface area contributed by atoms with Crippen molar-refractivity contribution in [1.82, 2.24) is 14.3 Å². The van der Waals surface area contributed by atoms with Crippen molar-refractivity contribution in [3.05, 3.63) is 76.0 Å². The average Bonchev–Trinajstić information content (AvgIpc) is 3.07. The third-order valence-corrected chi connectivity index (χ3v) is 5.23. The molecule has 1 heterocycles. The zero-order chi connectivity index (χ0) is 22.2. The van der Waals surface area contributed by atoms with E-state index < -0.39 is 5.97 Å². The van der Waals surface area contributed by atoms with E-state index in [0.717, 1.165) is 30.4 Å². The van der Waals surface area contributed by atoms with Crippen LogP contribution in [0.1, 0.15) is 54.4 Å². The first-order valence-corrected chi connectivity index (χ1v) is 10.6. The summed E-state index contributed by atoms with van der Waals surface area (Å²) in [6.07, 6.45) is 9.54. The van der Waals surface area contributed by atoms with Crippen LogP contribution in [0.4, 0.5) is 0 Å². The van der Waals surface area contributed by atoms with Crippen LogP contribution in [0.25, 0.3) is 11.1 Å². The highest BCUT2D eigenvalue weighted by Gasteiger charge is 2.14. The van der Waals surface area contributed by atoms with Crippen molar-refractivity contribution in [2.24, 2.45) is 0 Å². The van der Waals surface area contributed by atoms with Crippen LogP contribution in [0.15, 0.2) is 53.3 Å². The molecule has 0 aliphatic heterocycles. The minimum Gasteiger partial charge on any atom is -0.478 e. The number of aromatic carboxylic acids is 1. The third kappa shape index (κ3) is 5.32. The van der Waals surface area contributed by atoms with Gasteiger partial charge in [0.15, 0.2) is 0 Å². The van der Waals surface area contributed by atoms with Gasteiger partial charge in [-0.1, -0.05) is 62.2 Å². The number of terminal acetylenes is 1. The van der Waals surface area contributed by atoms with Crippen LogP contribution in [0.2, 0.25) is 0 Å². The molecule has 3 aromatic rings. The van der Waals surface area contributed by atoms with Crippen LogP contribution < -0.4 is 5.69 Å². The van der Waals surface area contributed by atoms with Crippen LogP contribution in [0, 0.1) is 12.3 Å². The average molecular weight is 418 g/mol. The van der Waals surface area contributed by atoms with Crippen molar-refractivity contribution < 1.29 is 9.90 Å². The number of carbonyl (C=O) groups is 1. The molecule has 0 atom stereocenters. The minimum atomic E-state index is -0.958. The molecule has 0 unspecified atom stereocenters. The van der Waals surface area contributed by atoms with E-state index in [1.54, 1.807) is 27.4 Å². The molecule has 0 spiro atoms. The largest absolute Gasteiger partial charge is 0.478 e. The molecule has 0 radical (unpaired) electrons. The molecule has 3 rings (SSSR count). The van der Waals surface area contributed by atoms with Crippen molar-refractivity contribution in [2.45, 2.75) is 52.1 Å². The van der Waals surface area contributed by atoms with E-state index in [0.29, 0.717) is 37.3 Å². The lowest BCUT2D eigenvalue weighted by Gasteiger charge is -2.09. The maximum Gasteiger partial charge on any atom is 0.346 e. The maximum atomic E-state index is 12.9. The van der Waals surface area contributed by atoms with E-state index in [4.69, 9.17) is 6.42 Å². The highest BCUT2D eigenvalue weighted by Crippen LogP contribution is 2.24. The molecule has 0 bridgehead atoms. The first kappa shape index (κ1) is 22.1. The summed E-state index contributed by atoms with van der Waals surface area (Å²) >= 11 is 0.